The molecule has 2 aromatic rings. The minimum Gasteiger partial charge on any atom is -0.396 e. The number of aliphatic hydroxyl groups excluding tert-OH is 1. The molecule has 34 heavy (non-hydrogen) atoms. The molecule has 1 aromatic heterocycles. The average Bonchev–Trinajstić information content (AvgIpc) is 2.78. The van der Waals surface area contributed by atoms with E-state index < -0.39 is 0 Å². The highest BCUT2D eigenvalue weighted by Gasteiger charge is 2.29. The smallest absolute Gasteiger partial charge is 0.232 e. The fraction of sp³-hybridized carbons (Fsp3) is 0.591. The molecular formula is C22H37ClN10O. The van der Waals surface area contributed by atoms with Gasteiger partial charge in [-0.2, -0.15) is 15.0 Å². The average molecular weight is 493 g/mol. The van der Waals surface area contributed by atoms with Crippen LogP contribution in [-0.2, 0) is 0 Å². The van der Waals surface area contributed by atoms with E-state index in [0.29, 0.717) is 50.4 Å². The zero-order valence-electron chi connectivity index (χ0n) is 19.3. The molecule has 0 saturated carbocycles. The van der Waals surface area contributed by atoms with Gasteiger partial charge < -0.3 is 43.2 Å². The molecule has 5 atom stereocenters. The van der Waals surface area contributed by atoms with Crippen molar-refractivity contribution in [1.29, 1.82) is 0 Å². The fourth-order valence-electron chi connectivity index (χ4n) is 4.68. The molecule has 0 bridgehead atoms. The SMILES string of the molecule is Cl.N[C@@H]1C[C@H](N)CN(c2nc(NC(CCO)c3ccccc3)nc(N3C[C@H](N)C[C@H](N)C3)n2)C1. The Balaban J connectivity index is 0.00000324. The lowest BCUT2D eigenvalue weighted by atomic mass is 10.0. The van der Waals surface area contributed by atoms with Crippen molar-refractivity contribution in [3.05, 3.63) is 35.9 Å². The van der Waals surface area contributed by atoms with E-state index in [9.17, 15) is 5.11 Å². The molecule has 0 radical (unpaired) electrons. The van der Waals surface area contributed by atoms with Crippen molar-refractivity contribution in [2.24, 2.45) is 22.9 Å². The second kappa shape index (κ2) is 11.9. The maximum atomic E-state index is 9.64. The van der Waals surface area contributed by atoms with Crippen LogP contribution in [0.2, 0.25) is 0 Å². The van der Waals surface area contributed by atoms with E-state index in [1.807, 2.05) is 40.1 Å². The topological polar surface area (TPSA) is 181 Å². The second-order valence-corrected chi connectivity index (χ2v) is 9.20. The van der Waals surface area contributed by atoms with E-state index >= 15 is 0 Å². The van der Waals surface area contributed by atoms with Gasteiger partial charge in [0.25, 0.3) is 0 Å². The van der Waals surface area contributed by atoms with Crippen LogP contribution in [0.1, 0.15) is 30.9 Å². The van der Waals surface area contributed by atoms with Crippen LogP contribution in [0.4, 0.5) is 17.8 Å². The molecule has 2 aliphatic heterocycles. The number of anilines is 3. The molecule has 3 heterocycles. The van der Waals surface area contributed by atoms with Crippen LogP contribution in [0.15, 0.2) is 30.3 Å². The van der Waals surface area contributed by atoms with E-state index in [1.54, 1.807) is 0 Å². The fourth-order valence-corrected chi connectivity index (χ4v) is 4.68. The number of halogens is 1. The van der Waals surface area contributed by atoms with Gasteiger partial charge in [-0.3, -0.25) is 0 Å². The zero-order chi connectivity index (χ0) is 23.4. The Morgan fingerprint density at radius 1 is 0.824 bits per heavy atom. The Kier molecular flexibility index (Phi) is 9.23. The summed E-state index contributed by atoms with van der Waals surface area (Å²) in [5.74, 6) is 1.48. The van der Waals surface area contributed by atoms with Crippen LogP contribution in [-0.4, -0.2) is 77.0 Å². The Morgan fingerprint density at radius 3 is 1.74 bits per heavy atom. The molecule has 11 nitrogen and oxygen atoms in total. The number of nitrogens with one attached hydrogen (secondary N) is 1. The number of nitrogens with two attached hydrogens (primary N) is 4. The summed E-state index contributed by atoms with van der Waals surface area (Å²) < 4.78 is 0. The lowest BCUT2D eigenvalue weighted by Gasteiger charge is -2.37. The van der Waals surface area contributed by atoms with Gasteiger partial charge in [-0.1, -0.05) is 30.3 Å². The third-order valence-electron chi connectivity index (χ3n) is 6.13. The zero-order valence-corrected chi connectivity index (χ0v) is 20.1. The summed E-state index contributed by atoms with van der Waals surface area (Å²) in [5.41, 5.74) is 25.9. The summed E-state index contributed by atoms with van der Waals surface area (Å²) in [4.78, 5) is 18.2. The van der Waals surface area contributed by atoms with E-state index in [1.165, 1.54) is 0 Å². The number of hydrogen-bond acceptors (Lipinski definition) is 11. The molecule has 0 aliphatic carbocycles. The number of aliphatic hydroxyl groups is 1. The van der Waals surface area contributed by atoms with Crippen molar-refractivity contribution >= 4 is 30.3 Å². The summed E-state index contributed by atoms with van der Waals surface area (Å²) in [5, 5.41) is 13.0. The third-order valence-corrected chi connectivity index (χ3v) is 6.13. The highest BCUT2D eigenvalue weighted by molar-refractivity contribution is 5.85. The standard InChI is InChI=1S/C22H36N10O.ClH/c23-15-8-16(24)11-31(10-15)21-28-20(27-19(6-7-33)14-4-2-1-3-5-14)29-22(30-21)32-12-17(25)9-18(26)13-32;/h1-5,15-19,33H,6-13,23-26H2,(H,27,28,29,30);1H/t15-,16+,17-,18+,19?;. The summed E-state index contributed by atoms with van der Waals surface area (Å²) in [6.07, 6.45) is 2.04. The van der Waals surface area contributed by atoms with Gasteiger partial charge >= 0.3 is 0 Å². The number of nitrogens with zero attached hydrogens (tertiary/aromatic N) is 5. The lowest BCUT2D eigenvalue weighted by Crippen LogP contribution is -2.54. The van der Waals surface area contributed by atoms with Gasteiger partial charge in [0.2, 0.25) is 17.8 Å². The quantitative estimate of drug-likeness (QED) is 0.294. The predicted molar refractivity (Wildman–Crippen MR) is 137 cm³/mol. The van der Waals surface area contributed by atoms with Crippen LogP contribution in [0.25, 0.3) is 0 Å². The minimum atomic E-state index is -0.156. The monoisotopic (exact) mass is 492 g/mol. The number of rotatable bonds is 7. The normalized spacial score (nSPS) is 26.0. The Labute approximate surface area is 206 Å². The van der Waals surface area contributed by atoms with Crippen LogP contribution < -0.4 is 38.1 Å². The first-order valence-electron chi connectivity index (χ1n) is 11.6. The van der Waals surface area contributed by atoms with E-state index in [-0.39, 0.29) is 49.2 Å². The number of benzene rings is 1. The van der Waals surface area contributed by atoms with Crippen LogP contribution >= 0.6 is 12.4 Å². The van der Waals surface area contributed by atoms with Gasteiger partial charge in [-0.15, -0.1) is 12.4 Å². The first kappa shape index (κ1) is 26.3. The van der Waals surface area contributed by atoms with Crippen molar-refractivity contribution in [2.75, 3.05) is 47.9 Å². The first-order chi connectivity index (χ1) is 15.9. The highest BCUT2D eigenvalue weighted by Crippen LogP contribution is 2.25. The molecule has 2 fully saturated rings. The molecule has 10 N–H and O–H groups in total. The van der Waals surface area contributed by atoms with Crippen molar-refractivity contribution in [2.45, 2.75) is 49.5 Å². The van der Waals surface area contributed by atoms with Gasteiger partial charge in [-0.05, 0) is 24.8 Å². The summed E-state index contributed by atoms with van der Waals surface area (Å²) >= 11 is 0. The van der Waals surface area contributed by atoms with Gasteiger partial charge in [0.05, 0.1) is 6.04 Å². The van der Waals surface area contributed by atoms with Crippen molar-refractivity contribution in [1.82, 2.24) is 15.0 Å². The maximum Gasteiger partial charge on any atom is 0.232 e. The molecule has 1 unspecified atom stereocenters. The minimum absolute atomic E-state index is 0. The Bertz CT molecular complexity index is 842. The van der Waals surface area contributed by atoms with Gasteiger partial charge in [0, 0.05) is 57.0 Å². The van der Waals surface area contributed by atoms with Crippen LogP contribution in [0.5, 0.6) is 0 Å². The van der Waals surface area contributed by atoms with Gasteiger partial charge in [-0.25, -0.2) is 0 Å². The lowest BCUT2D eigenvalue weighted by molar-refractivity contribution is 0.280. The first-order valence-corrected chi connectivity index (χ1v) is 11.6. The predicted octanol–water partition coefficient (Wildman–Crippen LogP) is -0.442. The van der Waals surface area contributed by atoms with Gasteiger partial charge in [0.15, 0.2) is 0 Å². The van der Waals surface area contributed by atoms with E-state index in [2.05, 4.69) is 5.32 Å². The van der Waals surface area contributed by atoms with Crippen molar-refractivity contribution in [3.63, 3.8) is 0 Å². The summed E-state index contributed by atoms with van der Waals surface area (Å²) in [6.45, 7) is 2.51. The van der Waals surface area contributed by atoms with Crippen LogP contribution in [0.3, 0.4) is 0 Å². The molecule has 188 valence electrons. The number of hydrogen-bond donors (Lipinski definition) is 6. The third kappa shape index (κ3) is 6.65. The molecule has 2 aliphatic rings. The molecule has 0 spiro atoms. The maximum absolute atomic E-state index is 9.64. The number of aromatic nitrogens is 3. The Hall–Kier alpha value is -2.28. The molecule has 1 aromatic carbocycles. The Morgan fingerprint density at radius 2 is 1.29 bits per heavy atom. The summed E-state index contributed by atoms with van der Waals surface area (Å²) in [6, 6.07) is 9.59. The second-order valence-electron chi connectivity index (χ2n) is 9.20. The molecular weight excluding hydrogens is 456 g/mol. The highest BCUT2D eigenvalue weighted by atomic mass is 35.5. The molecule has 12 heteroatoms. The number of piperidine rings is 2. The van der Waals surface area contributed by atoms with Gasteiger partial charge in [0.1, 0.15) is 0 Å². The molecule has 0 amide bonds. The van der Waals surface area contributed by atoms with Crippen molar-refractivity contribution < 1.29 is 5.11 Å². The molecule has 4 rings (SSSR count). The van der Waals surface area contributed by atoms with E-state index in [4.69, 9.17) is 37.9 Å². The summed E-state index contributed by atoms with van der Waals surface area (Å²) in [7, 11) is 0. The van der Waals surface area contributed by atoms with Crippen molar-refractivity contribution in [3.8, 4) is 0 Å². The van der Waals surface area contributed by atoms with E-state index in [0.717, 1.165) is 18.4 Å². The molecule has 2 saturated heterocycles. The largest absolute Gasteiger partial charge is 0.396 e. The van der Waals surface area contributed by atoms with Crippen LogP contribution in [0, 0.1) is 0 Å².